The highest BCUT2D eigenvalue weighted by Crippen LogP contribution is 2.14. The molecule has 2 aromatic carbocycles. The van der Waals surface area contributed by atoms with Gasteiger partial charge in [-0.3, -0.25) is 0 Å². The van der Waals surface area contributed by atoms with E-state index in [4.69, 9.17) is 0 Å². The van der Waals surface area contributed by atoms with Gasteiger partial charge in [-0.15, -0.1) is 0 Å². The molecule has 0 aliphatic rings. The van der Waals surface area contributed by atoms with E-state index in [9.17, 15) is 0 Å². The predicted octanol–water partition coefficient (Wildman–Crippen LogP) is 6.14. The largest absolute Gasteiger partial charge is 0.0630 e. The van der Waals surface area contributed by atoms with Crippen molar-refractivity contribution in [3.05, 3.63) is 70.8 Å². The molecule has 0 saturated heterocycles. The number of hydrogen-bond donors (Lipinski definition) is 0. The first-order valence-electron chi connectivity index (χ1n) is 7.30. The standard InChI is InChI=1S/C16H16.C4H10/c1-13-7-3-5-9-15(13)11-12-16-10-6-4-8-14(16)2;1-4(2)3/h3-12H,1-2H3;4H,1-3H3/b12-11-;. The Morgan fingerprint density at radius 3 is 1.25 bits per heavy atom. The van der Waals surface area contributed by atoms with Crippen LogP contribution in [-0.2, 0) is 0 Å². The van der Waals surface area contributed by atoms with Crippen LogP contribution in [0.4, 0.5) is 0 Å². The monoisotopic (exact) mass is 266 g/mol. The summed E-state index contributed by atoms with van der Waals surface area (Å²) in [5.41, 5.74) is 5.19. The highest BCUT2D eigenvalue weighted by molar-refractivity contribution is 5.72. The van der Waals surface area contributed by atoms with Gasteiger partial charge in [0.1, 0.15) is 0 Å². The molecule has 0 heteroatoms. The molecule has 0 aliphatic carbocycles. The van der Waals surface area contributed by atoms with E-state index in [1.807, 2.05) is 0 Å². The number of aryl methyl sites for hydroxylation is 2. The molecule has 0 nitrogen and oxygen atoms in total. The molecular weight excluding hydrogens is 240 g/mol. The Kier molecular flexibility index (Phi) is 6.79. The van der Waals surface area contributed by atoms with Crippen molar-refractivity contribution in [3.63, 3.8) is 0 Å². The minimum Gasteiger partial charge on any atom is -0.0630 e. The Labute approximate surface area is 124 Å². The van der Waals surface area contributed by atoms with Crippen molar-refractivity contribution >= 4 is 12.2 Å². The van der Waals surface area contributed by atoms with Crippen molar-refractivity contribution in [3.8, 4) is 0 Å². The van der Waals surface area contributed by atoms with Gasteiger partial charge in [0.25, 0.3) is 0 Å². The second-order valence-electron chi connectivity index (χ2n) is 5.78. The number of rotatable bonds is 2. The van der Waals surface area contributed by atoms with Gasteiger partial charge in [0.15, 0.2) is 0 Å². The molecule has 0 saturated carbocycles. The van der Waals surface area contributed by atoms with Crippen LogP contribution in [0.1, 0.15) is 43.0 Å². The second-order valence-corrected chi connectivity index (χ2v) is 5.78. The Balaban J connectivity index is 0.000000444. The fraction of sp³-hybridized carbons (Fsp3) is 0.300. The summed E-state index contributed by atoms with van der Waals surface area (Å²) in [6.07, 6.45) is 4.36. The Morgan fingerprint density at radius 2 is 0.950 bits per heavy atom. The van der Waals surface area contributed by atoms with Crippen molar-refractivity contribution in [1.82, 2.24) is 0 Å². The summed E-state index contributed by atoms with van der Waals surface area (Å²) in [5, 5.41) is 0. The van der Waals surface area contributed by atoms with Crippen LogP contribution in [-0.4, -0.2) is 0 Å². The van der Waals surface area contributed by atoms with Gasteiger partial charge in [0, 0.05) is 0 Å². The third kappa shape index (κ3) is 5.88. The second kappa shape index (κ2) is 8.37. The molecule has 0 atom stereocenters. The highest BCUT2D eigenvalue weighted by Gasteiger charge is 1.93. The molecule has 0 fully saturated rings. The number of benzene rings is 2. The van der Waals surface area contributed by atoms with Crippen molar-refractivity contribution in [1.29, 1.82) is 0 Å². The minimum absolute atomic E-state index is 0.833. The zero-order valence-electron chi connectivity index (χ0n) is 13.4. The van der Waals surface area contributed by atoms with Crippen LogP contribution in [0, 0.1) is 19.8 Å². The first-order valence-corrected chi connectivity index (χ1v) is 7.30. The molecule has 0 radical (unpaired) electrons. The van der Waals surface area contributed by atoms with Gasteiger partial charge < -0.3 is 0 Å². The molecule has 2 aromatic rings. The van der Waals surface area contributed by atoms with E-state index in [2.05, 4.69) is 95.3 Å². The third-order valence-electron chi connectivity index (χ3n) is 2.82. The van der Waals surface area contributed by atoms with E-state index in [0.717, 1.165) is 5.92 Å². The maximum atomic E-state index is 2.18. The lowest BCUT2D eigenvalue weighted by Gasteiger charge is -2.01. The van der Waals surface area contributed by atoms with Crippen LogP contribution in [0.5, 0.6) is 0 Å². The third-order valence-corrected chi connectivity index (χ3v) is 2.82. The molecule has 20 heavy (non-hydrogen) atoms. The summed E-state index contributed by atoms with van der Waals surface area (Å²) in [4.78, 5) is 0. The van der Waals surface area contributed by atoms with Crippen LogP contribution in [0.2, 0.25) is 0 Å². The van der Waals surface area contributed by atoms with Gasteiger partial charge in [0.05, 0.1) is 0 Å². The quantitative estimate of drug-likeness (QED) is 0.573. The van der Waals surface area contributed by atoms with E-state index in [1.165, 1.54) is 22.3 Å². The van der Waals surface area contributed by atoms with Gasteiger partial charge >= 0.3 is 0 Å². The zero-order chi connectivity index (χ0) is 15.0. The van der Waals surface area contributed by atoms with Gasteiger partial charge in [-0.05, 0) is 42.0 Å². The lowest BCUT2D eigenvalue weighted by atomic mass is 10.0. The number of hydrogen-bond acceptors (Lipinski definition) is 0. The normalized spacial score (nSPS) is 10.5. The van der Waals surface area contributed by atoms with E-state index in [-0.39, 0.29) is 0 Å². The average molecular weight is 266 g/mol. The Bertz CT molecular complexity index is 497. The van der Waals surface area contributed by atoms with Crippen LogP contribution in [0.25, 0.3) is 12.2 Å². The molecule has 0 heterocycles. The predicted molar refractivity (Wildman–Crippen MR) is 91.8 cm³/mol. The summed E-state index contributed by atoms with van der Waals surface area (Å²) >= 11 is 0. The first-order chi connectivity index (χ1) is 9.50. The molecule has 0 unspecified atom stereocenters. The fourth-order valence-corrected chi connectivity index (χ4v) is 1.73. The van der Waals surface area contributed by atoms with Crippen molar-refractivity contribution in [2.24, 2.45) is 5.92 Å². The zero-order valence-corrected chi connectivity index (χ0v) is 13.4. The average Bonchev–Trinajstić information content (AvgIpc) is 2.39. The maximum Gasteiger partial charge on any atom is -0.0227 e. The van der Waals surface area contributed by atoms with Gasteiger partial charge in [-0.1, -0.05) is 81.5 Å². The van der Waals surface area contributed by atoms with Crippen LogP contribution < -0.4 is 0 Å². The Hall–Kier alpha value is -1.82. The summed E-state index contributed by atoms with van der Waals surface area (Å²) in [6.45, 7) is 10.8. The smallest absolute Gasteiger partial charge is 0.0227 e. The molecule has 0 aromatic heterocycles. The Morgan fingerprint density at radius 1 is 0.650 bits per heavy atom. The maximum absolute atomic E-state index is 2.18. The molecule has 106 valence electrons. The molecule has 2 rings (SSSR count). The van der Waals surface area contributed by atoms with Crippen molar-refractivity contribution in [2.45, 2.75) is 34.6 Å². The minimum atomic E-state index is 0.833. The molecule has 0 amide bonds. The van der Waals surface area contributed by atoms with Gasteiger partial charge in [0.2, 0.25) is 0 Å². The van der Waals surface area contributed by atoms with Crippen molar-refractivity contribution in [2.75, 3.05) is 0 Å². The highest BCUT2D eigenvalue weighted by atomic mass is 14.0. The fourth-order valence-electron chi connectivity index (χ4n) is 1.73. The van der Waals surface area contributed by atoms with Gasteiger partial charge in [-0.2, -0.15) is 0 Å². The van der Waals surface area contributed by atoms with E-state index >= 15 is 0 Å². The molecule has 0 spiro atoms. The van der Waals surface area contributed by atoms with Crippen LogP contribution in [0.15, 0.2) is 48.5 Å². The lowest BCUT2D eigenvalue weighted by molar-refractivity contribution is 0.737. The summed E-state index contributed by atoms with van der Waals surface area (Å²) in [7, 11) is 0. The molecule has 0 bridgehead atoms. The first kappa shape index (κ1) is 16.2. The topological polar surface area (TPSA) is 0 Å². The summed E-state index contributed by atoms with van der Waals surface area (Å²) in [5.74, 6) is 0.833. The SMILES string of the molecule is CC(C)C.Cc1ccccc1/C=C\c1ccccc1C. The van der Waals surface area contributed by atoms with E-state index in [1.54, 1.807) is 0 Å². The van der Waals surface area contributed by atoms with Gasteiger partial charge in [-0.25, -0.2) is 0 Å². The molecule has 0 N–H and O–H groups in total. The summed E-state index contributed by atoms with van der Waals surface area (Å²) in [6, 6.07) is 16.8. The van der Waals surface area contributed by atoms with E-state index in [0.29, 0.717) is 0 Å². The molecular formula is C20H26. The lowest BCUT2D eigenvalue weighted by Crippen LogP contribution is -1.80. The summed E-state index contributed by atoms with van der Waals surface area (Å²) < 4.78 is 0. The van der Waals surface area contributed by atoms with Crippen LogP contribution >= 0.6 is 0 Å². The molecule has 0 aliphatic heterocycles. The van der Waals surface area contributed by atoms with E-state index < -0.39 is 0 Å². The van der Waals surface area contributed by atoms with Crippen molar-refractivity contribution < 1.29 is 0 Å². The van der Waals surface area contributed by atoms with Crippen LogP contribution in [0.3, 0.4) is 0 Å².